The number of benzene rings is 1. The van der Waals surface area contributed by atoms with Gasteiger partial charge in [0.15, 0.2) is 0 Å². The van der Waals surface area contributed by atoms with Crippen molar-refractivity contribution in [2.24, 2.45) is 0 Å². The van der Waals surface area contributed by atoms with Crippen molar-refractivity contribution >= 4 is 17.4 Å². The molecule has 0 amide bonds. The predicted molar refractivity (Wildman–Crippen MR) is 59.7 cm³/mol. The molecule has 0 radical (unpaired) electrons. The molecule has 1 atom stereocenters. The Balaban J connectivity index is 2.84. The zero-order chi connectivity index (χ0) is 10.6. The Labute approximate surface area is 89.4 Å². The lowest BCUT2D eigenvalue weighted by Gasteiger charge is -2.10. The maximum Gasteiger partial charge on any atom is 0.130 e. The van der Waals surface area contributed by atoms with E-state index in [0.717, 1.165) is 5.56 Å². The highest BCUT2D eigenvalue weighted by atomic mass is 35.5. The average molecular weight is 209 g/mol. The van der Waals surface area contributed by atoms with Crippen LogP contribution in [-0.2, 0) is 4.79 Å². The molecule has 74 valence electrons. The standard InChI is InChI=1S/C12H13ClO/c1-3-10(8-9(2)14)11-4-6-12(13)7-5-11/h3-7,10H,1,8H2,2H3. The van der Waals surface area contributed by atoms with Crippen LogP contribution >= 0.6 is 11.6 Å². The monoisotopic (exact) mass is 208 g/mol. The fraction of sp³-hybridized carbons (Fsp3) is 0.250. The number of carbonyl (C=O) groups is 1. The highest BCUT2D eigenvalue weighted by Gasteiger charge is 2.09. The van der Waals surface area contributed by atoms with E-state index in [1.165, 1.54) is 0 Å². The van der Waals surface area contributed by atoms with Crippen LogP contribution in [0.1, 0.15) is 24.8 Å². The Kier molecular flexibility index (Phi) is 3.90. The molecule has 0 fully saturated rings. The van der Waals surface area contributed by atoms with Crippen molar-refractivity contribution in [3.05, 3.63) is 47.5 Å². The van der Waals surface area contributed by atoms with Gasteiger partial charge < -0.3 is 0 Å². The molecule has 0 bridgehead atoms. The highest BCUT2D eigenvalue weighted by Crippen LogP contribution is 2.22. The molecule has 0 aliphatic heterocycles. The summed E-state index contributed by atoms with van der Waals surface area (Å²) >= 11 is 5.77. The van der Waals surface area contributed by atoms with Gasteiger partial charge in [-0.05, 0) is 24.6 Å². The third-order valence-electron chi connectivity index (χ3n) is 2.09. The normalized spacial score (nSPS) is 12.1. The Morgan fingerprint density at radius 1 is 1.50 bits per heavy atom. The first-order valence-corrected chi connectivity index (χ1v) is 4.88. The number of hydrogen-bond donors (Lipinski definition) is 0. The average Bonchev–Trinajstić information content (AvgIpc) is 2.15. The molecule has 14 heavy (non-hydrogen) atoms. The van der Waals surface area contributed by atoms with Gasteiger partial charge in [0.2, 0.25) is 0 Å². The van der Waals surface area contributed by atoms with E-state index in [-0.39, 0.29) is 11.7 Å². The maximum absolute atomic E-state index is 11.0. The molecule has 0 saturated heterocycles. The summed E-state index contributed by atoms with van der Waals surface area (Å²) in [6, 6.07) is 7.51. The predicted octanol–water partition coefficient (Wildman–Crippen LogP) is 3.59. The van der Waals surface area contributed by atoms with Crippen LogP contribution in [0.5, 0.6) is 0 Å². The van der Waals surface area contributed by atoms with Gasteiger partial charge in [-0.3, -0.25) is 4.79 Å². The lowest BCUT2D eigenvalue weighted by molar-refractivity contribution is -0.117. The van der Waals surface area contributed by atoms with Crippen molar-refractivity contribution in [2.75, 3.05) is 0 Å². The Bertz CT molecular complexity index is 327. The van der Waals surface area contributed by atoms with Crippen LogP contribution in [0.4, 0.5) is 0 Å². The molecule has 1 rings (SSSR count). The Morgan fingerprint density at radius 2 is 2.07 bits per heavy atom. The van der Waals surface area contributed by atoms with Crippen molar-refractivity contribution < 1.29 is 4.79 Å². The van der Waals surface area contributed by atoms with Crippen molar-refractivity contribution in [1.29, 1.82) is 0 Å². The number of allylic oxidation sites excluding steroid dienone is 1. The Morgan fingerprint density at radius 3 is 2.50 bits per heavy atom. The third kappa shape index (κ3) is 3.00. The van der Waals surface area contributed by atoms with Crippen LogP contribution in [0, 0.1) is 0 Å². The van der Waals surface area contributed by atoms with Crippen LogP contribution in [0.2, 0.25) is 5.02 Å². The molecule has 0 heterocycles. The molecular weight excluding hydrogens is 196 g/mol. The summed E-state index contributed by atoms with van der Waals surface area (Å²) in [7, 11) is 0. The van der Waals surface area contributed by atoms with Crippen LogP contribution in [0.15, 0.2) is 36.9 Å². The number of halogens is 1. The molecule has 1 aromatic carbocycles. The minimum Gasteiger partial charge on any atom is -0.300 e. The SMILES string of the molecule is C=CC(CC(C)=O)c1ccc(Cl)cc1. The molecule has 1 nitrogen and oxygen atoms in total. The van der Waals surface area contributed by atoms with Crippen molar-refractivity contribution in [1.82, 2.24) is 0 Å². The second kappa shape index (κ2) is 4.97. The first-order valence-electron chi connectivity index (χ1n) is 4.51. The molecule has 0 aliphatic rings. The summed E-state index contributed by atoms with van der Waals surface area (Å²) in [5.74, 6) is 0.273. The van der Waals surface area contributed by atoms with Gasteiger partial charge in [-0.15, -0.1) is 6.58 Å². The number of rotatable bonds is 4. The van der Waals surface area contributed by atoms with Crippen molar-refractivity contribution in [3.63, 3.8) is 0 Å². The number of hydrogen-bond acceptors (Lipinski definition) is 1. The van der Waals surface area contributed by atoms with Crippen molar-refractivity contribution in [3.8, 4) is 0 Å². The summed E-state index contributed by atoms with van der Waals surface area (Å²) in [5, 5.41) is 0.708. The number of Topliss-reactive ketones (excluding diaryl/α,β-unsaturated/α-hetero) is 1. The highest BCUT2D eigenvalue weighted by molar-refractivity contribution is 6.30. The molecule has 0 aromatic heterocycles. The van der Waals surface area contributed by atoms with E-state index in [2.05, 4.69) is 6.58 Å². The van der Waals surface area contributed by atoms with E-state index in [1.54, 1.807) is 13.0 Å². The fourth-order valence-corrected chi connectivity index (χ4v) is 1.48. The lowest BCUT2D eigenvalue weighted by atomic mass is 9.94. The van der Waals surface area contributed by atoms with E-state index in [0.29, 0.717) is 11.4 Å². The zero-order valence-corrected chi connectivity index (χ0v) is 8.92. The summed E-state index contributed by atoms with van der Waals surface area (Å²) < 4.78 is 0. The largest absolute Gasteiger partial charge is 0.300 e. The van der Waals surface area contributed by atoms with Gasteiger partial charge in [0, 0.05) is 17.4 Å². The van der Waals surface area contributed by atoms with E-state index in [9.17, 15) is 4.79 Å². The smallest absolute Gasteiger partial charge is 0.130 e. The number of carbonyl (C=O) groups excluding carboxylic acids is 1. The van der Waals surface area contributed by atoms with Gasteiger partial charge in [-0.1, -0.05) is 29.8 Å². The summed E-state index contributed by atoms with van der Waals surface area (Å²) in [4.78, 5) is 11.0. The third-order valence-corrected chi connectivity index (χ3v) is 2.34. The summed E-state index contributed by atoms with van der Waals surface area (Å²) in [6.45, 7) is 5.32. The second-order valence-corrected chi connectivity index (χ2v) is 3.74. The molecule has 0 aliphatic carbocycles. The second-order valence-electron chi connectivity index (χ2n) is 3.30. The van der Waals surface area contributed by atoms with E-state index >= 15 is 0 Å². The summed E-state index contributed by atoms with van der Waals surface area (Å²) in [5.41, 5.74) is 1.08. The topological polar surface area (TPSA) is 17.1 Å². The Hall–Kier alpha value is -1.08. The first-order chi connectivity index (χ1) is 6.63. The van der Waals surface area contributed by atoms with Crippen LogP contribution < -0.4 is 0 Å². The lowest BCUT2D eigenvalue weighted by Crippen LogP contribution is -2.01. The van der Waals surface area contributed by atoms with Crippen LogP contribution in [0.25, 0.3) is 0 Å². The summed E-state index contributed by atoms with van der Waals surface area (Å²) in [6.07, 6.45) is 2.30. The maximum atomic E-state index is 11.0. The quantitative estimate of drug-likeness (QED) is 0.692. The van der Waals surface area contributed by atoms with E-state index in [1.807, 2.05) is 24.3 Å². The molecule has 2 heteroatoms. The first kappa shape index (κ1) is 11.0. The van der Waals surface area contributed by atoms with Gasteiger partial charge in [0.1, 0.15) is 5.78 Å². The zero-order valence-electron chi connectivity index (χ0n) is 8.16. The van der Waals surface area contributed by atoms with Gasteiger partial charge in [0.05, 0.1) is 0 Å². The molecule has 0 spiro atoms. The number of ketones is 1. The van der Waals surface area contributed by atoms with E-state index < -0.39 is 0 Å². The van der Waals surface area contributed by atoms with Crippen molar-refractivity contribution in [2.45, 2.75) is 19.3 Å². The van der Waals surface area contributed by atoms with Crippen LogP contribution in [-0.4, -0.2) is 5.78 Å². The van der Waals surface area contributed by atoms with Crippen LogP contribution in [0.3, 0.4) is 0 Å². The molecule has 0 saturated carbocycles. The molecule has 1 unspecified atom stereocenters. The van der Waals surface area contributed by atoms with Gasteiger partial charge >= 0.3 is 0 Å². The molecule has 1 aromatic rings. The molecule has 0 N–H and O–H groups in total. The van der Waals surface area contributed by atoms with E-state index in [4.69, 9.17) is 11.6 Å². The fourth-order valence-electron chi connectivity index (χ4n) is 1.36. The van der Waals surface area contributed by atoms with Gasteiger partial charge in [-0.2, -0.15) is 0 Å². The minimum atomic E-state index is 0.102. The molecular formula is C12H13ClO. The minimum absolute atomic E-state index is 0.102. The van der Waals surface area contributed by atoms with Gasteiger partial charge in [0.25, 0.3) is 0 Å². The van der Waals surface area contributed by atoms with Gasteiger partial charge in [-0.25, -0.2) is 0 Å².